The minimum absolute atomic E-state index is 0.103. The molecular weight excluding hydrogens is 274 g/mol. The molecule has 1 aliphatic carbocycles. The van der Waals surface area contributed by atoms with Crippen molar-refractivity contribution in [3.05, 3.63) is 35.4 Å². The van der Waals surface area contributed by atoms with E-state index in [0.717, 1.165) is 58.4 Å². The molecule has 2 aliphatic heterocycles. The van der Waals surface area contributed by atoms with Crippen molar-refractivity contribution in [1.82, 2.24) is 4.90 Å². The smallest absolute Gasteiger partial charge is 0.230 e. The van der Waals surface area contributed by atoms with E-state index >= 15 is 0 Å². The molecule has 0 saturated carbocycles. The molecule has 1 aromatic carbocycles. The average Bonchev–Trinajstić information content (AvgIpc) is 2.99. The number of carbonyl (C=O) groups is 1. The van der Waals surface area contributed by atoms with Crippen molar-refractivity contribution in [3.8, 4) is 0 Å². The second-order valence-electron chi connectivity index (χ2n) is 7.27. The summed E-state index contributed by atoms with van der Waals surface area (Å²) >= 11 is 0. The Balaban J connectivity index is 1.51. The van der Waals surface area contributed by atoms with Crippen LogP contribution >= 0.6 is 0 Å². The fourth-order valence-electron chi connectivity index (χ4n) is 4.64. The fraction of sp³-hybridized carbons (Fsp3) is 0.632. The quantitative estimate of drug-likeness (QED) is 0.797. The molecule has 0 bridgehead atoms. The number of piperidine rings is 1. The second kappa shape index (κ2) is 5.69. The van der Waals surface area contributed by atoms with Gasteiger partial charge in [-0.15, -0.1) is 0 Å². The van der Waals surface area contributed by atoms with E-state index in [1.54, 1.807) is 0 Å². The molecule has 3 heteroatoms. The first kappa shape index (κ1) is 14.3. The highest BCUT2D eigenvalue weighted by atomic mass is 16.5. The molecule has 3 aliphatic rings. The number of hydrogen-bond acceptors (Lipinski definition) is 2. The maximum atomic E-state index is 13.1. The molecule has 2 saturated heterocycles. The lowest BCUT2D eigenvalue weighted by molar-refractivity contribution is -0.138. The lowest BCUT2D eigenvalue weighted by Crippen LogP contribution is -2.49. The van der Waals surface area contributed by atoms with Gasteiger partial charge in [-0.3, -0.25) is 4.79 Å². The van der Waals surface area contributed by atoms with Gasteiger partial charge in [0, 0.05) is 26.3 Å². The lowest BCUT2D eigenvalue weighted by atomic mass is 9.73. The van der Waals surface area contributed by atoms with Crippen molar-refractivity contribution in [2.75, 3.05) is 26.3 Å². The molecule has 0 N–H and O–H groups in total. The van der Waals surface area contributed by atoms with Crippen molar-refractivity contribution in [3.63, 3.8) is 0 Å². The van der Waals surface area contributed by atoms with Gasteiger partial charge < -0.3 is 9.64 Å². The van der Waals surface area contributed by atoms with E-state index in [2.05, 4.69) is 29.2 Å². The summed E-state index contributed by atoms with van der Waals surface area (Å²) < 4.78 is 5.54. The number of amides is 1. The first-order valence-electron chi connectivity index (χ1n) is 8.72. The van der Waals surface area contributed by atoms with Crippen LogP contribution in [0.15, 0.2) is 24.3 Å². The number of nitrogens with zero attached hydrogens (tertiary/aromatic N) is 1. The SMILES string of the molecule is O=C(C1CCc2ccccc21)N1CCCC2(CCOCC2)C1. The highest BCUT2D eigenvalue weighted by molar-refractivity contribution is 5.85. The van der Waals surface area contributed by atoms with Gasteiger partial charge in [0.25, 0.3) is 0 Å². The maximum absolute atomic E-state index is 13.1. The third kappa shape index (κ3) is 2.45. The molecule has 4 rings (SSSR count). The summed E-state index contributed by atoms with van der Waals surface area (Å²) in [5, 5.41) is 0. The van der Waals surface area contributed by atoms with E-state index in [1.807, 2.05) is 0 Å². The van der Waals surface area contributed by atoms with E-state index in [1.165, 1.54) is 17.5 Å². The highest BCUT2D eigenvalue weighted by Gasteiger charge is 2.40. The monoisotopic (exact) mass is 299 g/mol. The number of benzene rings is 1. The summed E-state index contributed by atoms with van der Waals surface area (Å²) in [6, 6.07) is 8.49. The Morgan fingerprint density at radius 1 is 1.18 bits per heavy atom. The third-order valence-electron chi connectivity index (χ3n) is 5.96. The lowest BCUT2D eigenvalue weighted by Gasteiger charge is -2.45. The van der Waals surface area contributed by atoms with Gasteiger partial charge in [0.15, 0.2) is 0 Å². The highest BCUT2D eigenvalue weighted by Crippen LogP contribution is 2.41. The first-order chi connectivity index (χ1) is 10.8. The molecule has 3 nitrogen and oxygen atoms in total. The van der Waals surface area contributed by atoms with Crippen molar-refractivity contribution in [2.45, 2.75) is 44.4 Å². The number of fused-ring (bicyclic) bond motifs is 1. The molecule has 1 aromatic rings. The molecule has 0 aromatic heterocycles. The van der Waals surface area contributed by atoms with Crippen molar-refractivity contribution < 1.29 is 9.53 Å². The van der Waals surface area contributed by atoms with E-state index in [9.17, 15) is 4.79 Å². The third-order valence-corrected chi connectivity index (χ3v) is 5.96. The van der Waals surface area contributed by atoms with E-state index in [-0.39, 0.29) is 5.92 Å². The average molecular weight is 299 g/mol. The Hall–Kier alpha value is -1.35. The predicted octanol–water partition coefficient (Wildman–Crippen LogP) is 3.14. The summed E-state index contributed by atoms with van der Waals surface area (Å²) in [7, 11) is 0. The topological polar surface area (TPSA) is 29.5 Å². The number of hydrogen-bond donors (Lipinski definition) is 0. The number of likely N-dealkylation sites (tertiary alicyclic amines) is 1. The Morgan fingerprint density at radius 3 is 2.86 bits per heavy atom. The minimum atomic E-state index is 0.103. The van der Waals surface area contributed by atoms with Gasteiger partial charge in [0.2, 0.25) is 5.91 Å². The number of rotatable bonds is 1. The van der Waals surface area contributed by atoms with Crippen LogP contribution in [0.1, 0.15) is 49.1 Å². The summed E-state index contributed by atoms with van der Waals surface area (Å²) in [5.74, 6) is 0.474. The van der Waals surface area contributed by atoms with Crippen LogP contribution in [0.25, 0.3) is 0 Å². The molecule has 118 valence electrons. The molecular formula is C19H25NO2. The van der Waals surface area contributed by atoms with Crippen molar-refractivity contribution in [1.29, 1.82) is 0 Å². The minimum Gasteiger partial charge on any atom is -0.381 e. The maximum Gasteiger partial charge on any atom is 0.230 e. The second-order valence-corrected chi connectivity index (χ2v) is 7.27. The zero-order chi connectivity index (χ0) is 15.0. The molecule has 22 heavy (non-hydrogen) atoms. The van der Waals surface area contributed by atoms with Crippen LogP contribution in [-0.4, -0.2) is 37.1 Å². The van der Waals surface area contributed by atoms with Gasteiger partial charge in [-0.1, -0.05) is 24.3 Å². The van der Waals surface area contributed by atoms with Crippen LogP contribution in [-0.2, 0) is 16.0 Å². The van der Waals surface area contributed by atoms with E-state index in [4.69, 9.17) is 4.74 Å². The zero-order valence-electron chi connectivity index (χ0n) is 13.2. The summed E-state index contributed by atoms with van der Waals surface area (Å²) in [4.78, 5) is 15.3. The van der Waals surface area contributed by atoms with Gasteiger partial charge in [0.1, 0.15) is 0 Å². The van der Waals surface area contributed by atoms with Crippen LogP contribution < -0.4 is 0 Å². The Kier molecular flexibility index (Phi) is 3.69. The van der Waals surface area contributed by atoms with Crippen LogP contribution in [0.5, 0.6) is 0 Å². The molecule has 2 heterocycles. The largest absolute Gasteiger partial charge is 0.381 e. The van der Waals surface area contributed by atoms with Gasteiger partial charge in [-0.2, -0.15) is 0 Å². The zero-order valence-corrected chi connectivity index (χ0v) is 13.2. The van der Waals surface area contributed by atoms with Crippen LogP contribution in [0.3, 0.4) is 0 Å². The summed E-state index contributed by atoms with van der Waals surface area (Å²) in [5.41, 5.74) is 2.99. The normalized spacial score (nSPS) is 26.9. The van der Waals surface area contributed by atoms with Crippen LogP contribution in [0, 0.1) is 5.41 Å². The Labute approximate surface area is 132 Å². The van der Waals surface area contributed by atoms with Gasteiger partial charge >= 0.3 is 0 Å². The van der Waals surface area contributed by atoms with E-state index in [0.29, 0.717) is 11.3 Å². The number of ether oxygens (including phenoxy) is 1. The molecule has 1 atom stereocenters. The molecule has 1 unspecified atom stereocenters. The molecule has 2 fully saturated rings. The standard InChI is InChI=1S/C19H25NO2/c21-18(17-7-6-15-4-1-2-5-16(15)17)20-11-3-8-19(14-20)9-12-22-13-10-19/h1-2,4-5,17H,3,6-14H2. The van der Waals surface area contributed by atoms with Crippen molar-refractivity contribution in [2.24, 2.45) is 5.41 Å². The number of aryl methyl sites for hydroxylation is 1. The molecule has 1 amide bonds. The first-order valence-corrected chi connectivity index (χ1v) is 8.72. The Bertz CT molecular complexity index is 557. The van der Waals surface area contributed by atoms with Crippen LogP contribution in [0.4, 0.5) is 0 Å². The van der Waals surface area contributed by atoms with Gasteiger partial charge in [0.05, 0.1) is 5.92 Å². The number of carbonyl (C=O) groups excluding carboxylic acids is 1. The predicted molar refractivity (Wildman–Crippen MR) is 85.8 cm³/mol. The van der Waals surface area contributed by atoms with Gasteiger partial charge in [-0.05, 0) is 55.1 Å². The molecule has 0 radical (unpaired) electrons. The summed E-state index contributed by atoms with van der Waals surface area (Å²) in [6.45, 7) is 3.64. The Morgan fingerprint density at radius 2 is 2.00 bits per heavy atom. The molecule has 1 spiro atoms. The van der Waals surface area contributed by atoms with Gasteiger partial charge in [-0.25, -0.2) is 0 Å². The van der Waals surface area contributed by atoms with Crippen molar-refractivity contribution >= 4 is 5.91 Å². The summed E-state index contributed by atoms with van der Waals surface area (Å²) in [6.07, 6.45) is 6.71. The fourth-order valence-corrected chi connectivity index (χ4v) is 4.64. The van der Waals surface area contributed by atoms with Crippen LogP contribution in [0.2, 0.25) is 0 Å². The van der Waals surface area contributed by atoms with E-state index < -0.39 is 0 Å².